The minimum absolute atomic E-state index is 0.356. The molecule has 3 rings (SSSR count). The van der Waals surface area contributed by atoms with Gasteiger partial charge in [0, 0.05) is 11.4 Å². The highest BCUT2D eigenvalue weighted by molar-refractivity contribution is 7.19. The Morgan fingerprint density at radius 2 is 1.76 bits per heavy atom. The van der Waals surface area contributed by atoms with Crippen LogP contribution in [0.5, 0.6) is 0 Å². The van der Waals surface area contributed by atoms with E-state index in [1.807, 2.05) is 51.1 Å². The van der Waals surface area contributed by atoms with Crippen LogP contribution in [0.1, 0.15) is 36.8 Å². The minimum Gasteiger partial charge on any atom is -0.480 e. The van der Waals surface area contributed by atoms with Crippen LogP contribution in [-0.4, -0.2) is 20.2 Å². The second-order valence-corrected chi connectivity index (χ2v) is 7.47. The summed E-state index contributed by atoms with van der Waals surface area (Å²) in [5.74, 6) is -1.23. The average molecular weight is 415 g/mol. The van der Waals surface area contributed by atoms with Gasteiger partial charge in [0.15, 0.2) is 0 Å². The van der Waals surface area contributed by atoms with E-state index in [9.17, 15) is 14.4 Å². The number of thiophene rings is 1. The molecule has 0 amide bonds. The van der Waals surface area contributed by atoms with Crippen molar-refractivity contribution in [3.63, 3.8) is 0 Å². The Kier molecular flexibility index (Phi) is 7.34. The van der Waals surface area contributed by atoms with Crippen molar-refractivity contribution in [3.05, 3.63) is 73.8 Å². The lowest BCUT2D eigenvalue weighted by Crippen LogP contribution is -2.41. The van der Waals surface area contributed by atoms with Gasteiger partial charge in [0.05, 0.1) is 5.39 Å². The van der Waals surface area contributed by atoms with Gasteiger partial charge in [0.2, 0.25) is 0 Å². The van der Waals surface area contributed by atoms with Crippen molar-refractivity contribution in [1.82, 2.24) is 9.13 Å². The summed E-state index contributed by atoms with van der Waals surface area (Å²) in [4.78, 5) is 38.3. The van der Waals surface area contributed by atoms with Crippen molar-refractivity contribution in [2.75, 3.05) is 0 Å². The highest BCUT2D eigenvalue weighted by Crippen LogP contribution is 2.32. The van der Waals surface area contributed by atoms with Gasteiger partial charge in [-0.15, -0.1) is 11.3 Å². The van der Waals surface area contributed by atoms with Gasteiger partial charge in [-0.1, -0.05) is 50.8 Å². The van der Waals surface area contributed by atoms with Crippen LogP contribution in [-0.2, 0) is 24.3 Å². The molecule has 6 nitrogen and oxygen atoms in total. The summed E-state index contributed by atoms with van der Waals surface area (Å²) >= 11 is 1.35. The van der Waals surface area contributed by atoms with E-state index in [1.165, 1.54) is 15.9 Å². The Balaban J connectivity index is 0.00000145. The number of aromatic nitrogens is 2. The molecule has 0 saturated carbocycles. The molecule has 0 aliphatic heterocycles. The molecule has 2 aromatic heterocycles. The lowest BCUT2D eigenvalue weighted by molar-refractivity contribution is -0.137. The van der Waals surface area contributed by atoms with Crippen LogP contribution in [0.15, 0.2) is 46.5 Å². The number of allylic oxidation sites excluding steroid dienone is 1. The zero-order chi connectivity index (χ0) is 21.7. The second kappa shape index (κ2) is 9.52. The van der Waals surface area contributed by atoms with Crippen LogP contribution in [0, 0.1) is 6.92 Å². The molecule has 2 heterocycles. The first kappa shape index (κ1) is 22.4. The van der Waals surface area contributed by atoms with Crippen LogP contribution in [0.4, 0.5) is 0 Å². The first-order valence-electron chi connectivity index (χ1n) is 9.49. The van der Waals surface area contributed by atoms with Crippen LogP contribution in [0.25, 0.3) is 15.8 Å². The summed E-state index contributed by atoms with van der Waals surface area (Å²) in [6.45, 7) is 11.3. The van der Waals surface area contributed by atoms with E-state index >= 15 is 0 Å². The maximum atomic E-state index is 12.9. The zero-order valence-corrected chi connectivity index (χ0v) is 18.0. The summed E-state index contributed by atoms with van der Waals surface area (Å²) < 4.78 is 2.31. The lowest BCUT2D eigenvalue weighted by Gasteiger charge is -2.11. The molecule has 0 fully saturated rings. The highest BCUT2D eigenvalue weighted by atomic mass is 32.1. The zero-order valence-electron chi connectivity index (χ0n) is 17.2. The maximum absolute atomic E-state index is 12.9. The number of nitrogens with zero attached hydrogens (tertiary/aromatic N) is 2. The van der Waals surface area contributed by atoms with Crippen LogP contribution < -0.4 is 11.2 Å². The molecule has 0 atom stereocenters. The maximum Gasteiger partial charge on any atom is 0.332 e. The SMILES string of the molecule is C=C(C)c1sc2c(c1C)c(=O)n(CC(=O)O)c(=O)n2CCc1ccccc1.CC. The summed E-state index contributed by atoms with van der Waals surface area (Å²) in [6.07, 6.45) is 0.598. The molecule has 0 aliphatic rings. The number of hydrogen-bond acceptors (Lipinski definition) is 4. The monoisotopic (exact) mass is 414 g/mol. The van der Waals surface area contributed by atoms with E-state index in [4.69, 9.17) is 5.11 Å². The van der Waals surface area contributed by atoms with Gasteiger partial charge in [0.1, 0.15) is 11.4 Å². The third kappa shape index (κ3) is 4.56. The molecule has 29 heavy (non-hydrogen) atoms. The number of fused-ring (bicyclic) bond motifs is 1. The number of carboxylic acid groups (broad SMARTS) is 1. The number of rotatable bonds is 6. The van der Waals surface area contributed by atoms with Gasteiger partial charge >= 0.3 is 11.7 Å². The molecule has 154 valence electrons. The smallest absolute Gasteiger partial charge is 0.332 e. The predicted octanol–water partition coefficient (Wildman–Crippen LogP) is 3.92. The summed E-state index contributed by atoms with van der Waals surface area (Å²) in [5, 5.41) is 9.53. The molecule has 0 unspecified atom stereocenters. The Labute approximate surface area is 173 Å². The number of aryl methyl sites for hydroxylation is 3. The van der Waals surface area contributed by atoms with Crippen molar-refractivity contribution < 1.29 is 9.90 Å². The molecule has 0 bridgehead atoms. The van der Waals surface area contributed by atoms with Crippen LogP contribution in [0.3, 0.4) is 0 Å². The molecule has 0 spiro atoms. The summed E-state index contributed by atoms with van der Waals surface area (Å²) in [6, 6.07) is 9.70. The Hall–Kier alpha value is -2.93. The lowest BCUT2D eigenvalue weighted by atomic mass is 10.1. The normalized spacial score (nSPS) is 10.5. The fourth-order valence-electron chi connectivity index (χ4n) is 3.16. The first-order chi connectivity index (χ1) is 13.8. The standard InChI is InChI=1S/C20H20N2O4S.C2H6/c1-12(2)17-13(3)16-18(25)22(11-15(23)24)20(26)21(19(16)27-17)10-9-14-7-5-4-6-8-14;1-2/h4-8H,1,9-11H2,2-3H3,(H,23,24);1-2H3. The Bertz CT molecular complexity index is 1150. The van der Waals surface area contributed by atoms with E-state index < -0.39 is 23.8 Å². The van der Waals surface area contributed by atoms with Crippen molar-refractivity contribution in [1.29, 1.82) is 0 Å². The van der Waals surface area contributed by atoms with Crippen molar-refractivity contribution in [2.24, 2.45) is 0 Å². The number of carboxylic acids is 1. The highest BCUT2D eigenvalue weighted by Gasteiger charge is 2.21. The van der Waals surface area contributed by atoms with Crippen molar-refractivity contribution in [3.8, 4) is 0 Å². The quantitative estimate of drug-likeness (QED) is 0.663. The van der Waals surface area contributed by atoms with Gasteiger partial charge in [-0.3, -0.25) is 14.2 Å². The third-order valence-electron chi connectivity index (χ3n) is 4.44. The molecule has 0 aliphatic carbocycles. The van der Waals surface area contributed by atoms with Crippen LogP contribution in [0.2, 0.25) is 0 Å². The molecule has 7 heteroatoms. The molecule has 1 aromatic carbocycles. The topological polar surface area (TPSA) is 81.3 Å². The van der Waals surface area contributed by atoms with Gasteiger partial charge in [-0.25, -0.2) is 9.36 Å². The predicted molar refractivity (Wildman–Crippen MR) is 119 cm³/mol. The second-order valence-electron chi connectivity index (χ2n) is 6.47. The fraction of sp³-hybridized carbons (Fsp3) is 0.318. The fourth-order valence-corrected chi connectivity index (χ4v) is 4.40. The van der Waals surface area contributed by atoms with Gasteiger partial charge in [-0.05, 0) is 37.0 Å². The molecular weight excluding hydrogens is 388 g/mol. The van der Waals surface area contributed by atoms with Gasteiger partial charge in [0.25, 0.3) is 5.56 Å². The van der Waals surface area contributed by atoms with E-state index in [1.54, 1.807) is 6.92 Å². The summed E-state index contributed by atoms with van der Waals surface area (Å²) in [7, 11) is 0. The van der Waals surface area contributed by atoms with Crippen molar-refractivity contribution in [2.45, 2.75) is 47.2 Å². The molecule has 3 aromatic rings. The molecule has 0 saturated heterocycles. The van der Waals surface area contributed by atoms with E-state index in [0.717, 1.165) is 26.1 Å². The van der Waals surface area contributed by atoms with Gasteiger partial charge < -0.3 is 5.11 Å². The van der Waals surface area contributed by atoms with Crippen molar-refractivity contribution >= 4 is 33.1 Å². The van der Waals surface area contributed by atoms with E-state index in [-0.39, 0.29) is 0 Å². The minimum atomic E-state index is -1.23. The first-order valence-corrected chi connectivity index (χ1v) is 10.3. The van der Waals surface area contributed by atoms with Crippen LogP contribution >= 0.6 is 11.3 Å². The molecule has 1 N–H and O–H groups in total. The number of carbonyl (C=O) groups is 1. The summed E-state index contributed by atoms with van der Waals surface area (Å²) in [5.41, 5.74) is 1.44. The number of benzene rings is 1. The Morgan fingerprint density at radius 3 is 2.31 bits per heavy atom. The molecule has 0 radical (unpaired) electrons. The third-order valence-corrected chi connectivity index (χ3v) is 5.92. The Morgan fingerprint density at radius 1 is 1.14 bits per heavy atom. The van der Waals surface area contributed by atoms with E-state index in [2.05, 4.69) is 6.58 Å². The molecular formula is C22H26N2O4S. The van der Waals surface area contributed by atoms with E-state index in [0.29, 0.717) is 23.2 Å². The number of aliphatic carboxylic acids is 1. The number of hydrogen-bond donors (Lipinski definition) is 1. The van der Waals surface area contributed by atoms with Gasteiger partial charge in [-0.2, -0.15) is 0 Å². The largest absolute Gasteiger partial charge is 0.480 e. The average Bonchev–Trinajstić information content (AvgIpc) is 3.05.